The molecule has 1 radical (unpaired) electrons. The van der Waals surface area contributed by atoms with Gasteiger partial charge in [0.15, 0.2) is 0 Å². The summed E-state index contributed by atoms with van der Waals surface area (Å²) >= 11 is 1.71. The first-order chi connectivity index (χ1) is 7.78. The summed E-state index contributed by atoms with van der Waals surface area (Å²) in [6.45, 7) is 0. The topological polar surface area (TPSA) is 51.0 Å². The van der Waals surface area contributed by atoms with E-state index < -0.39 is 0 Å². The molecule has 3 rings (SSSR count). The maximum Gasteiger partial charge on any atom is 0.471 e. The number of amidine groups is 1. The van der Waals surface area contributed by atoms with Crippen LogP contribution in [0.5, 0.6) is 5.75 Å². The first-order valence-electron chi connectivity index (χ1n) is 5.27. The predicted molar refractivity (Wildman–Crippen MR) is 65.9 cm³/mol. The van der Waals surface area contributed by atoms with E-state index in [1.54, 1.807) is 18.9 Å². The molecule has 0 saturated heterocycles. The number of benzene rings is 1. The molecule has 1 aromatic rings. The van der Waals surface area contributed by atoms with Gasteiger partial charge in [0.25, 0.3) is 0 Å². The van der Waals surface area contributed by atoms with E-state index in [9.17, 15) is 0 Å². The van der Waals surface area contributed by atoms with E-state index in [1.807, 2.05) is 6.07 Å². The van der Waals surface area contributed by atoms with Crippen LogP contribution in [0.25, 0.3) is 5.70 Å². The molecule has 5 heteroatoms. The summed E-state index contributed by atoms with van der Waals surface area (Å²) in [6.07, 6.45) is 2.14. The highest BCUT2D eigenvalue weighted by Crippen LogP contribution is 2.39. The molecule has 0 unspecified atom stereocenters. The Morgan fingerprint density at radius 1 is 1.35 bits per heavy atom. The van der Waals surface area contributed by atoms with Gasteiger partial charge in [0.05, 0.1) is 29.3 Å². The molecule has 3 nitrogen and oxygen atoms in total. The molecule has 0 fully saturated rings. The van der Waals surface area contributed by atoms with E-state index in [-0.39, 0.29) is 24.0 Å². The van der Waals surface area contributed by atoms with Crippen LogP contribution in [0.15, 0.2) is 23.1 Å². The molecular weight excluding hydrogens is 347 g/mol. The number of hydrogen-bond acceptors (Lipinski definition) is 3. The number of hydrogen-bond donors (Lipinski definition) is 1. The maximum atomic E-state index is 5.24. The van der Waals surface area contributed by atoms with Gasteiger partial charge in [0.2, 0.25) is 0 Å². The Labute approximate surface area is 122 Å². The second kappa shape index (κ2) is 4.99. The average molecular weight is 360 g/mol. The Balaban J connectivity index is 0.00000108. The number of nitrogens with zero attached hydrogens (tertiary/aromatic N) is 1. The van der Waals surface area contributed by atoms with Gasteiger partial charge >= 0.3 is 10.9 Å². The summed E-state index contributed by atoms with van der Waals surface area (Å²) in [5.74, 6) is 0.923. The molecule has 1 aliphatic carbocycles. The van der Waals surface area contributed by atoms with Crippen LogP contribution in [-0.2, 0) is 6.42 Å². The normalized spacial score (nSPS) is 16.9. The third kappa shape index (κ3) is 2.23. The van der Waals surface area contributed by atoms with Gasteiger partial charge in [-0.1, -0.05) is 0 Å². The van der Waals surface area contributed by atoms with Crippen molar-refractivity contribution in [3.05, 3.63) is 34.2 Å². The highest BCUT2D eigenvalue weighted by Gasteiger charge is 2.37. The summed E-state index contributed by atoms with van der Waals surface area (Å²) in [5, 5.41) is 0.911. The first kappa shape index (κ1) is 12.9. The van der Waals surface area contributed by atoms with E-state index in [4.69, 9.17) is 4.74 Å². The van der Waals surface area contributed by atoms with E-state index in [0.717, 1.165) is 29.5 Å². The number of quaternary nitrogens is 1. The van der Waals surface area contributed by atoms with E-state index in [0.29, 0.717) is 0 Å². The van der Waals surface area contributed by atoms with Crippen molar-refractivity contribution in [1.29, 1.82) is 0 Å². The van der Waals surface area contributed by atoms with E-state index >= 15 is 0 Å². The van der Waals surface area contributed by atoms with Crippen molar-refractivity contribution >= 4 is 22.6 Å². The molecule has 0 spiro atoms. The van der Waals surface area contributed by atoms with Crippen LogP contribution in [0.2, 0.25) is 0 Å². The summed E-state index contributed by atoms with van der Waals surface area (Å²) in [5.41, 5.74) is 7.61. The smallest absolute Gasteiger partial charge is 0.471 e. The minimum atomic E-state index is 0. The third-order valence-corrected chi connectivity index (χ3v) is 3.90. The Hall–Kier alpha value is -0.530. The fraction of sp³-hybridized carbons (Fsp3) is 0.250. The third-order valence-electron chi connectivity index (χ3n) is 2.93. The quantitative estimate of drug-likeness (QED) is 0.589. The van der Waals surface area contributed by atoms with Gasteiger partial charge in [-0.15, -0.1) is 0 Å². The highest BCUT2D eigenvalue weighted by atomic mass is 127. The first-order valence-corrected chi connectivity index (χ1v) is 6.08. The number of ether oxygens (including phenoxy) is 1. The van der Waals surface area contributed by atoms with E-state index in [1.165, 1.54) is 16.0 Å². The number of methoxy groups -OCH3 is 1. The van der Waals surface area contributed by atoms with Gasteiger partial charge in [-0.05, 0) is 36.6 Å². The molecule has 1 aromatic carbocycles. The van der Waals surface area contributed by atoms with Crippen LogP contribution < -0.4 is 39.4 Å². The molecule has 0 atom stereocenters. The molecule has 0 saturated carbocycles. The molecule has 0 amide bonds. The van der Waals surface area contributed by atoms with Crippen molar-refractivity contribution in [2.45, 2.75) is 12.8 Å². The zero-order chi connectivity index (χ0) is 11.1. The van der Waals surface area contributed by atoms with Crippen molar-refractivity contribution in [1.82, 2.24) is 4.99 Å². The largest absolute Gasteiger partial charge is 1.00 e. The lowest BCUT2D eigenvalue weighted by Gasteiger charge is -2.12. The van der Waals surface area contributed by atoms with Crippen LogP contribution in [0.1, 0.15) is 17.5 Å². The van der Waals surface area contributed by atoms with Crippen molar-refractivity contribution < 1.29 is 34.4 Å². The fourth-order valence-electron chi connectivity index (χ4n) is 2.16. The predicted octanol–water partition coefficient (Wildman–Crippen LogP) is -2.01. The summed E-state index contributed by atoms with van der Waals surface area (Å²) in [7, 11) is 1.70. The zero-order valence-electron chi connectivity index (χ0n) is 9.50. The van der Waals surface area contributed by atoms with Crippen molar-refractivity contribution in [2.75, 3.05) is 7.11 Å². The summed E-state index contributed by atoms with van der Waals surface area (Å²) in [4.78, 5) is 5.88. The van der Waals surface area contributed by atoms with Crippen LogP contribution in [0, 0.1) is 0 Å². The van der Waals surface area contributed by atoms with Crippen LogP contribution in [0.3, 0.4) is 0 Å². The van der Waals surface area contributed by atoms with Gasteiger partial charge in [-0.2, -0.15) is 0 Å². The van der Waals surface area contributed by atoms with Gasteiger partial charge < -0.3 is 28.7 Å². The highest BCUT2D eigenvalue weighted by molar-refractivity contribution is 8.17. The molecule has 1 heterocycles. The lowest BCUT2D eigenvalue weighted by molar-refractivity contribution is -0.206. The Morgan fingerprint density at radius 2 is 2.18 bits per heavy atom. The Bertz CT molecular complexity index is 525. The van der Waals surface area contributed by atoms with E-state index in [2.05, 4.69) is 22.9 Å². The molecule has 3 N–H and O–H groups in total. The van der Waals surface area contributed by atoms with Crippen LogP contribution in [0.4, 0.5) is 0 Å². The van der Waals surface area contributed by atoms with Crippen molar-refractivity contribution in [3.63, 3.8) is 0 Å². The maximum absolute atomic E-state index is 5.24. The minimum absolute atomic E-state index is 0. The Kier molecular flexibility index (Phi) is 3.79. The molecule has 89 valence electrons. The molecule has 0 bridgehead atoms. The monoisotopic (exact) mass is 360 g/mol. The molecular formula is C12H13IN2OS+. The molecule has 0 aromatic heterocycles. The average Bonchev–Trinajstić information content (AvgIpc) is 2.69. The van der Waals surface area contributed by atoms with Gasteiger partial charge in [0, 0.05) is 0 Å². The second-order valence-corrected chi connectivity index (χ2v) is 5.07. The number of rotatable bonds is 1. The standard InChI is InChI=1S/C12H12N2OS.HI/c1-15-8-3-4-9-7(6-8)2-5-10-11(9)14-12(13)16-10;/h3-4,6H,2,5,13H2,1H3;1H/q+1;. The number of allylic oxidation sites excluding steroid dienone is 1. The van der Waals surface area contributed by atoms with Gasteiger partial charge in [-0.25, -0.2) is 0 Å². The zero-order valence-corrected chi connectivity index (χ0v) is 12.5. The fourth-order valence-corrected chi connectivity index (χ4v) is 3.04. The molecule has 2 aliphatic rings. The lowest BCUT2D eigenvalue weighted by Crippen LogP contribution is -3.00. The Morgan fingerprint density at radius 3 is 2.94 bits per heavy atom. The lowest BCUT2D eigenvalue weighted by atomic mass is 9.94. The summed E-state index contributed by atoms with van der Waals surface area (Å²) < 4.78 is 5.24. The van der Waals surface area contributed by atoms with Crippen molar-refractivity contribution in [3.8, 4) is 5.75 Å². The number of fused-ring (bicyclic) bond motifs is 2. The second-order valence-electron chi connectivity index (χ2n) is 3.90. The van der Waals surface area contributed by atoms with Crippen molar-refractivity contribution in [2.24, 2.45) is 0 Å². The number of aliphatic imine (C=N–C) groups is 1. The van der Waals surface area contributed by atoms with Crippen LogP contribution >= 0.6 is 11.8 Å². The number of halogens is 1. The molecule has 17 heavy (non-hydrogen) atoms. The minimum Gasteiger partial charge on any atom is -1.00 e. The SMILES string of the molecule is COc1ccc2c(c1)CCC1=C2[N+]=C([NH3+])S1.[I-]. The van der Waals surface area contributed by atoms with Crippen LogP contribution in [-0.4, -0.2) is 12.3 Å². The van der Waals surface area contributed by atoms with Gasteiger partial charge in [0.1, 0.15) is 10.7 Å². The molecule has 1 aliphatic heterocycles. The van der Waals surface area contributed by atoms with Gasteiger partial charge in [-0.3, -0.25) is 5.73 Å². The summed E-state index contributed by atoms with van der Waals surface area (Å²) in [6, 6.07) is 6.21. The number of aryl methyl sites for hydroxylation is 1. The number of thioether (sulfide) groups is 1.